The second-order valence-electron chi connectivity index (χ2n) is 22.3. The Morgan fingerprint density at radius 3 is 0.893 bits per heavy atom. The van der Waals surface area contributed by atoms with Gasteiger partial charge in [-0.3, -0.25) is 19.2 Å². The van der Waals surface area contributed by atoms with E-state index in [9.17, 15) is 19.2 Å². The first-order valence-corrected chi connectivity index (χ1v) is 30.7. The topological polar surface area (TPSA) is 96.0 Å². The van der Waals surface area contributed by atoms with Crippen LogP contribution >= 0.6 is 0 Å². The van der Waals surface area contributed by atoms with E-state index in [0.29, 0.717) is 12.8 Å². The molecule has 0 fully saturated rings. The molecule has 0 atom stereocenters. The van der Waals surface area contributed by atoms with Crippen LogP contribution in [-0.4, -0.2) is 75.7 Å². The zero-order valence-corrected chi connectivity index (χ0v) is 50.3. The van der Waals surface area contributed by atoms with Gasteiger partial charge in [0, 0.05) is 38.5 Å². The molecule has 0 aliphatic carbocycles. The van der Waals surface area contributed by atoms with Crippen LogP contribution in [0.15, 0.2) is 72.9 Å². The molecule has 0 aromatic carbocycles. The summed E-state index contributed by atoms with van der Waals surface area (Å²) < 4.78 is 18.5. The maximum Gasteiger partial charge on any atom is 0.305 e. The van der Waals surface area contributed by atoms with Gasteiger partial charge in [-0.05, 0) is 116 Å². The number of esters is 3. The second-order valence-corrected chi connectivity index (χ2v) is 22.3. The number of hydrogen-bond acceptors (Lipinski definition) is 7. The summed E-state index contributed by atoms with van der Waals surface area (Å²) in [5.41, 5.74) is -1.16. The number of ether oxygens (including phenoxy) is 3. The van der Waals surface area contributed by atoms with Crippen LogP contribution in [0.2, 0.25) is 0 Å². The molecule has 0 bridgehead atoms. The van der Waals surface area contributed by atoms with Crippen molar-refractivity contribution < 1.29 is 50.3 Å². The monoisotopic (exact) mass is 1070 g/mol. The smallest absolute Gasteiger partial charge is 0.305 e. The number of carbonyl (C=O) groups excluding carboxylic acids is 4. The predicted octanol–water partition coefficient (Wildman–Crippen LogP) is 15.5. The molecule has 0 aliphatic heterocycles. The van der Waals surface area contributed by atoms with Crippen molar-refractivity contribution in [2.75, 3.05) is 47.5 Å². The summed E-state index contributed by atoms with van der Waals surface area (Å²) in [5, 5.41) is 0. The molecule has 0 heterocycles. The van der Waals surface area contributed by atoms with Gasteiger partial charge in [-0.15, -0.1) is 0 Å². The molecule has 8 nitrogen and oxygen atoms in total. The first kappa shape index (κ1) is 73.8. The summed E-state index contributed by atoms with van der Waals surface area (Å²) in [6, 6.07) is 0. The van der Waals surface area contributed by atoms with Crippen molar-refractivity contribution in [1.29, 1.82) is 0 Å². The van der Waals surface area contributed by atoms with E-state index in [1.54, 1.807) is 0 Å². The molecule has 0 radical (unpaired) electrons. The fraction of sp³-hybridized carbons (Fsp3) is 0.758. The Balaban J connectivity index is 0. The normalized spacial score (nSPS) is 12.3. The van der Waals surface area contributed by atoms with E-state index in [1.165, 1.54) is 77.0 Å². The third-order valence-electron chi connectivity index (χ3n) is 13.5. The van der Waals surface area contributed by atoms with Crippen molar-refractivity contribution in [3.63, 3.8) is 0 Å². The number of carbonyl (C=O) groups is 4. The van der Waals surface area contributed by atoms with Crippen molar-refractivity contribution in [2.45, 2.75) is 271 Å². The van der Waals surface area contributed by atoms with Crippen LogP contribution in [0.3, 0.4) is 0 Å². The number of ketones is 1. The maximum atomic E-state index is 13.7. The molecule has 0 N–H and O–H groups in total. The summed E-state index contributed by atoms with van der Waals surface area (Å²) in [5.74, 6) is -1.04. The van der Waals surface area contributed by atoms with Crippen LogP contribution in [0.25, 0.3) is 0 Å². The number of unbranched alkanes of at least 4 members (excludes halogenated alkanes) is 24. The summed E-state index contributed by atoms with van der Waals surface area (Å²) in [4.78, 5) is 53.5. The first-order valence-electron chi connectivity index (χ1n) is 30.7. The number of nitrogens with zero attached hydrogens (tertiary/aromatic N) is 1. The molecule has 0 spiro atoms. The van der Waals surface area contributed by atoms with Gasteiger partial charge in [0.1, 0.15) is 25.6 Å². The van der Waals surface area contributed by atoms with E-state index in [0.717, 1.165) is 146 Å². The molecule has 0 saturated carbocycles. The van der Waals surface area contributed by atoms with Crippen molar-refractivity contribution in [3.8, 4) is 0 Å². The van der Waals surface area contributed by atoms with Gasteiger partial charge in [0.15, 0.2) is 0 Å². The largest absolute Gasteiger partial charge is 1.00 e. The van der Waals surface area contributed by atoms with Crippen LogP contribution in [0.5, 0.6) is 0 Å². The van der Waals surface area contributed by atoms with Crippen molar-refractivity contribution in [1.82, 2.24) is 0 Å². The Kier molecular flexibility index (Phi) is 54.7. The average Bonchev–Trinajstić information content (AvgIpc) is 3.37. The summed E-state index contributed by atoms with van der Waals surface area (Å²) in [6.07, 6.45) is 65.3. The summed E-state index contributed by atoms with van der Waals surface area (Å²) in [6.45, 7) is 7.08. The van der Waals surface area contributed by atoms with Gasteiger partial charge in [-0.25, -0.2) is 0 Å². The molecular formula is C66H116ClNO7. The van der Waals surface area contributed by atoms with E-state index in [-0.39, 0.29) is 81.6 Å². The lowest BCUT2D eigenvalue weighted by Gasteiger charge is -2.32. The lowest BCUT2D eigenvalue weighted by atomic mass is 9.84. The minimum Gasteiger partial charge on any atom is -1.00 e. The van der Waals surface area contributed by atoms with Crippen LogP contribution < -0.4 is 12.4 Å². The van der Waals surface area contributed by atoms with Crippen molar-refractivity contribution in [2.24, 2.45) is 5.41 Å². The highest BCUT2D eigenvalue weighted by Gasteiger charge is 2.38. The van der Waals surface area contributed by atoms with E-state index in [1.807, 2.05) is 0 Å². The molecule has 0 unspecified atom stereocenters. The lowest BCUT2D eigenvalue weighted by Crippen LogP contribution is -3.00. The van der Waals surface area contributed by atoms with E-state index >= 15 is 0 Å². The Hall–Kier alpha value is -3.23. The highest BCUT2D eigenvalue weighted by atomic mass is 35.5. The Morgan fingerprint density at radius 2 is 0.613 bits per heavy atom. The number of hydrogen-bond donors (Lipinski definition) is 0. The third-order valence-corrected chi connectivity index (χ3v) is 13.5. The predicted molar refractivity (Wildman–Crippen MR) is 315 cm³/mol. The number of quaternary nitrogens is 1. The zero-order valence-electron chi connectivity index (χ0n) is 49.5. The summed E-state index contributed by atoms with van der Waals surface area (Å²) in [7, 11) is 6.30. The standard InChI is InChI=1S/C66H116NO7.ClH/c1-7-10-13-16-19-22-25-28-31-34-37-40-43-46-49-54-63(69)72-59-66(58-62(68)53-52-57-67(4,5)6,60-73-64(70)55-50-47-44-41-38-35-32-29-26-23-20-17-14-11-8-2)61-74-65(71)56-51-48-45-42-39-36-33-30-27-24-21-18-15-12-9-3;/h19-24,28-33H,7-18,25-27,34-61H2,1-6H3;1H/q+1;/p-1/b22-19-,23-20-,24-21-,31-28-,32-29-,33-30-;. The van der Waals surface area contributed by atoms with E-state index in [4.69, 9.17) is 14.2 Å². The number of rotatable bonds is 54. The molecule has 0 aromatic rings. The molecular weight excluding hydrogens is 954 g/mol. The fourth-order valence-electron chi connectivity index (χ4n) is 8.69. The summed E-state index contributed by atoms with van der Waals surface area (Å²) >= 11 is 0. The quantitative estimate of drug-likeness (QED) is 0.0197. The molecule has 434 valence electrons. The average molecular weight is 1070 g/mol. The second kappa shape index (κ2) is 55.5. The van der Waals surface area contributed by atoms with Gasteiger partial charge in [-0.2, -0.15) is 0 Å². The first-order chi connectivity index (χ1) is 36.0. The number of Topliss-reactive ketones (excluding diaryl/α,β-unsaturated/α-hetero) is 1. The lowest BCUT2D eigenvalue weighted by molar-refractivity contribution is -0.870. The van der Waals surface area contributed by atoms with Gasteiger partial charge < -0.3 is 31.1 Å². The maximum absolute atomic E-state index is 13.7. The molecule has 0 rings (SSSR count). The molecule has 0 saturated heterocycles. The van der Waals surface area contributed by atoms with Gasteiger partial charge in [-0.1, -0.05) is 190 Å². The highest BCUT2D eigenvalue weighted by molar-refractivity contribution is 5.79. The third kappa shape index (κ3) is 55.3. The van der Waals surface area contributed by atoms with Gasteiger partial charge >= 0.3 is 17.9 Å². The van der Waals surface area contributed by atoms with Crippen LogP contribution in [0.1, 0.15) is 271 Å². The highest BCUT2D eigenvalue weighted by Crippen LogP contribution is 2.28. The van der Waals surface area contributed by atoms with Gasteiger partial charge in [0.25, 0.3) is 0 Å². The van der Waals surface area contributed by atoms with Gasteiger partial charge in [0.05, 0.1) is 33.1 Å². The van der Waals surface area contributed by atoms with Crippen LogP contribution in [-0.2, 0) is 33.4 Å². The zero-order chi connectivity index (χ0) is 54.3. The Morgan fingerprint density at radius 1 is 0.347 bits per heavy atom. The fourth-order valence-corrected chi connectivity index (χ4v) is 8.69. The van der Waals surface area contributed by atoms with Crippen molar-refractivity contribution in [3.05, 3.63) is 72.9 Å². The van der Waals surface area contributed by atoms with E-state index < -0.39 is 5.41 Å². The van der Waals surface area contributed by atoms with Gasteiger partial charge in [0.2, 0.25) is 0 Å². The number of halogens is 1. The van der Waals surface area contributed by atoms with Crippen LogP contribution in [0, 0.1) is 5.41 Å². The molecule has 0 amide bonds. The minimum absolute atomic E-state index is 0. The molecule has 0 aliphatic rings. The minimum atomic E-state index is -1.16. The van der Waals surface area contributed by atoms with E-state index in [2.05, 4.69) is 115 Å². The SMILES string of the molecule is CCCCC/C=C\C/C=C\CCCCCCCC(=O)OCC(COC(=O)CCCCCCC/C=C\C/C=C\CCCCC)(COC(=O)CCCCCCC/C=C\C/C=C\CCCCC)CC(=O)CCC[N+](C)(C)C.[Cl-]. The number of allylic oxidation sites excluding steroid dienone is 12. The van der Waals surface area contributed by atoms with Crippen LogP contribution in [0.4, 0.5) is 0 Å². The molecule has 0 aromatic heterocycles. The molecule has 9 heteroatoms. The molecule has 75 heavy (non-hydrogen) atoms. The van der Waals surface area contributed by atoms with Crippen molar-refractivity contribution >= 4 is 23.7 Å². The Labute approximate surface area is 468 Å². The Bertz CT molecular complexity index is 1370.